The average Bonchev–Trinajstić information content (AvgIpc) is 3.27. The summed E-state index contributed by atoms with van der Waals surface area (Å²) in [5.41, 5.74) is 0. The molecular formula is C57H110O5. The van der Waals surface area contributed by atoms with Crippen LogP contribution in [0.5, 0.6) is 0 Å². The molecule has 0 bridgehead atoms. The number of hydrogen-bond donors (Lipinski definition) is 0. The van der Waals surface area contributed by atoms with E-state index in [9.17, 15) is 9.59 Å². The van der Waals surface area contributed by atoms with Gasteiger partial charge in [0.05, 0.1) is 6.61 Å². The van der Waals surface area contributed by atoms with E-state index in [1.165, 1.54) is 244 Å². The van der Waals surface area contributed by atoms with E-state index in [1.807, 2.05) is 0 Å². The summed E-state index contributed by atoms with van der Waals surface area (Å²) in [6.45, 7) is 7.86. The lowest BCUT2D eigenvalue weighted by Gasteiger charge is -2.18. The lowest BCUT2D eigenvalue weighted by atomic mass is 10.0. The number of rotatable bonds is 53. The highest BCUT2D eigenvalue weighted by molar-refractivity contribution is 5.70. The largest absolute Gasteiger partial charge is 0.462 e. The fraction of sp³-hybridized carbons (Fsp3) is 0.930. The first-order chi connectivity index (χ1) is 30.6. The lowest BCUT2D eigenvalue weighted by Crippen LogP contribution is -2.30. The van der Waals surface area contributed by atoms with Crippen LogP contribution in [0.3, 0.4) is 0 Å². The second kappa shape index (κ2) is 54.0. The van der Waals surface area contributed by atoms with Crippen molar-refractivity contribution in [2.45, 2.75) is 322 Å². The van der Waals surface area contributed by atoms with Gasteiger partial charge in [-0.15, -0.1) is 0 Å². The fourth-order valence-electron chi connectivity index (χ4n) is 8.55. The predicted molar refractivity (Wildman–Crippen MR) is 270 cm³/mol. The molecule has 62 heavy (non-hydrogen) atoms. The first-order valence-electron chi connectivity index (χ1n) is 28.2. The van der Waals surface area contributed by atoms with Crippen LogP contribution in [0.15, 0.2) is 12.2 Å². The van der Waals surface area contributed by atoms with E-state index < -0.39 is 6.10 Å². The van der Waals surface area contributed by atoms with Gasteiger partial charge in [0, 0.05) is 19.4 Å². The zero-order chi connectivity index (χ0) is 44.9. The Labute approximate surface area is 388 Å². The van der Waals surface area contributed by atoms with Crippen LogP contribution in [0, 0.1) is 0 Å². The van der Waals surface area contributed by atoms with Gasteiger partial charge in [-0.1, -0.05) is 277 Å². The number of carbonyl (C=O) groups is 2. The second-order valence-corrected chi connectivity index (χ2v) is 19.2. The molecule has 0 aliphatic rings. The zero-order valence-electron chi connectivity index (χ0n) is 42.4. The predicted octanol–water partition coefficient (Wildman–Crippen LogP) is 19.0. The molecule has 368 valence electrons. The first-order valence-corrected chi connectivity index (χ1v) is 28.2. The summed E-state index contributed by atoms with van der Waals surface area (Å²) in [5, 5.41) is 0. The number of unbranched alkanes of at least 4 members (excludes halogenated alkanes) is 40. The van der Waals surface area contributed by atoms with Gasteiger partial charge < -0.3 is 14.2 Å². The standard InChI is InChI=1S/C57H110O5/c1-4-7-10-13-16-19-22-25-27-29-31-33-35-38-41-44-47-50-56(58)61-54-55(53-60-52-49-46-43-40-37-24-21-18-15-12-9-6-3)62-57(59)51-48-45-42-39-36-34-32-30-28-26-23-20-17-14-11-8-5-2/h15,18,55H,4-14,16-17,19-54H2,1-3H3/b18-15-. The van der Waals surface area contributed by atoms with Gasteiger partial charge in [0.2, 0.25) is 0 Å². The molecule has 0 rings (SSSR count). The summed E-state index contributed by atoms with van der Waals surface area (Å²) in [7, 11) is 0. The lowest BCUT2D eigenvalue weighted by molar-refractivity contribution is -0.163. The highest BCUT2D eigenvalue weighted by Crippen LogP contribution is 2.17. The van der Waals surface area contributed by atoms with Gasteiger partial charge in [-0.3, -0.25) is 9.59 Å². The summed E-state index contributed by atoms with van der Waals surface area (Å²) >= 11 is 0. The molecule has 0 spiro atoms. The average molecular weight is 876 g/mol. The van der Waals surface area contributed by atoms with Gasteiger partial charge in [0.15, 0.2) is 6.10 Å². The molecule has 0 radical (unpaired) electrons. The summed E-state index contributed by atoms with van der Waals surface area (Å²) in [4.78, 5) is 25.5. The van der Waals surface area contributed by atoms with Crippen LogP contribution >= 0.6 is 0 Å². The van der Waals surface area contributed by atoms with Crippen LogP contribution in [0.4, 0.5) is 0 Å². The fourth-order valence-corrected chi connectivity index (χ4v) is 8.55. The van der Waals surface area contributed by atoms with Crippen LogP contribution in [0.25, 0.3) is 0 Å². The van der Waals surface area contributed by atoms with Crippen molar-refractivity contribution in [2.24, 2.45) is 0 Å². The molecule has 0 aliphatic heterocycles. The molecule has 5 heteroatoms. The highest BCUT2D eigenvalue weighted by Gasteiger charge is 2.17. The maximum Gasteiger partial charge on any atom is 0.306 e. The van der Waals surface area contributed by atoms with Gasteiger partial charge >= 0.3 is 11.9 Å². The maximum absolute atomic E-state index is 12.8. The zero-order valence-corrected chi connectivity index (χ0v) is 42.4. The third-order valence-corrected chi connectivity index (χ3v) is 12.8. The van der Waals surface area contributed by atoms with Crippen LogP contribution in [0.2, 0.25) is 0 Å². The van der Waals surface area contributed by atoms with E-state index in [0.717, 1.165) is 38.5 Å². The summed E-state index contributed by atoms with van der Waals surface area (Å²) in [6.07, 6.45) is 62.3. The quantitative estimate of drug-likeness (QED) is 0.0346. The van der Waals surface area contributed by atoms with Crippen molar-refractivity contribution in [3.63, 3.8) is 0 Å². The molecule has 1 unspecified atom stereocenters. The number of allylic oxidation sites excluding steroid dienone is 2. The smallest absolute Gasteiger partial charge is 0.306 e. The number of carbonyl (C=O) groups excluding carboxylic acids is 2. The topological polar surface area (TPSA) is 61.8 Å². The molecular weight excluding hydrogens is 765 g/mol. The minimum Gasteiger partial charge on any atom is -0.462 e. The van der Waals surface area contributed by atoms with Gasteiger partial charge in [-0.05, 0) is 38.5 Å². The number of esters is 2. The maximum atomic E-state index is 12.8. The Kier molecular flexibility index (Phi) is 52.8. The minimum absolute atomic E-state index is 0.0927. The van der Waals surface area contributed by atoms with E-state index in [0.29, 0.717) is 26.1 Å². The first kappa shape index (κ1) is 60.6. The van der Waals surface area contributed by atoms with Crippen LogP contribution in [-0.4, -0.2) is 37.9 Å². The summed E-state index contributed by atoms with van der Waals surface area (Å²) in [5.74, 6) is -0.374. The van der Waals surface area contributed by atoms with Gasteiger partial charge in [-0.25, -0.2) is 0 Å². The molecule has 1 atom stereocenters. The Morgan fingerprint density at radius 1 is 0.339 bits per heavy atom. The van der Waals surface area contributed by atoms with Crippen molar-refractivity contribution in [1.82, 2.24) is 0 Å². The Morgan fingerprint density at radius 2 is 0.645 bits per heavy atom. The van der Waals surface area contributed by atoms with E-state index in [1.54, 1.807) is 0 Å². The molecule has 0 fully saturated rings. The molecule has 0 saturated carbocycles. The molecule has 0 aromatic rings. The van der Waals surface area contributed by atoms with E-state index in [-0.39, 0.29) is 18.5 Å². The third kappa shape index (κ3) is 51.3. The van der Waals surface area contributed by atoms with E-state index in [4.69, 9.17) is 14.2 Å². The third-order valence-electron chi connectivity index (χ3n) is 12.8. The molecule has 0 amide bonds. The van der Waals surface area contributed by atoms with Gasteiger partial charge in [-0.2, -0.15) is 0 Å². The summed E-state index contributed by atoms with van der Waals surface area (Å²) < 4.78 is 17.5. The van der Waals surface area contributed by atoms with Crippen molar-refractivity contribution >= 4 is 11.9 Å². The number of hydrogen-bond acceptors (Lipinski definition) is 5. The SMILES string of the molecule is CCCC/C=C\CCCCCCCCOCC(COC(=O)CCCCCCCCCCCCCCCCCCC)OC(=O)CCCCCCCCCCCCCCCCCCC. The molecule has 0 N–H and O–H groups in total. The highest BCUT2D eigenvalue weighted by atomic mass is 16.6. The van der Waals surface area contributed by atoms with Gasteiger partial charge in [0.25, 0.3) is 0 Å². The van der Waals surface area contributed by atoms with Crippen molar-refractivity contribution in [3.05, 3.63) is 12.2 Å². The minimum atomic E-state index is -0.529. The molecule has 0 aliphatic carbocycles. The van der Waals surface area contributed by atoms with Crippen molar-refractivity contribution in [2.75, 3.05) is 19.8 Å². The second-order valence-electron chi connectivity index (χ2n) is 19.2. The molecule has 0 aromatic carbocycles. The van der Waals surface area contributed by atoms with Crippen molar-refractivity contribution < 1.29 is 23.8 Å². The van der Waals surface area contributed by atoms with Crippen LogP contribution in [0.1, 0.15) is 316 Å². The van der Waals surface area contributed by atoms with Crippen LogP contribution in [-0.2, 0) is 23.8 Å². The summed E-state index contributed by atoms with van der Waals surface area (Å²) in [6, 6.07) is 0. The molecule has 0 aromatic heterocycles. The Hall–Kier alpha value is -1.36. The Bertz CT molecular complexity index is 902. The monoisotopic (exact) mass is 875 g/mol. The van der Waals surface area contributed by atoms with Gasteiger partial charge in [0.1, 0.15) is 6.61 Å². The van der Waals surface area contributed by atoms with E-state index >= 15 is 0 Å². The molecule has 0 heterocycles. The molecule has 5 nitrogen and oxygen atoms in total. The number of ether oxygens (including phenoxy) is 3. The van der Waals surface area contributed by atoms with Crippen molar-refractivity contribution in [3.8, 4) is 0 Å². The molecule has 0 saturated heterocycles. The Balaban J connectivity index is 4.17. The normalized spacial score (nSPS) is 12.1. The Morgan fingerprint density at radius 3 is 1.03 bits per heavy atom. The van der Waals surface area contributed by atoms with Crippen LogP contribution < -0.4 is 0 Å². The van der Waals surface area contributed by atoms with E-state index in [2.05, 4.69) is 32.9 Å². The van der Waals surface area contributed by atoms with Crippen molar-refractivity contribution in [1.29, 1.82) is 0 Å².